The van der Waals surface area contributed by atoms with Crippen LogP contribution in [0.1, 0.15) is 5.56 Å². The summed E-state index contributed by atoms with van der Waals surface area (Å²) in [6, 6.07) is 10.4. The highest BCUT2D eigenvalue weighted by molar-refractivity contribution is 7.98. The number of nitrogens with two attached hydrogens (primary N) is 1. The molecule has 4 aromatic rings. The molecule has 0 radical (unpaired) electrons. The number of hydrogen-bond donors (Lipinski definition) is 1. The van der Waals surface area contributed by atoms with Gasteiger partial charge in [-0.1, -0.05) is 35.5 Å². The fourth-order valence-corrected chi connectivity index (χ4v) is 4.97. The fourth-order valence-electron chi connectivity index (χ4n) is 2.66. The zero-order valence-electron chi connectivity index (χ0n) is 14.4. The Balaban J connectivity index is 2.03. The first kappa shape index (κ1) is 18.0. The van der Waals surface area contributed by atoms with E-state index in [0.29, 0.717) is 16.2 Å². The van der Waals surface area contributed by atoms with Crippen LogP contribution in [-0.2, 0) is 10.0 Å². The molecule has 3 heterocycles. The molecule has 0 saturated heterocycles. The average molecular weight is 418 g/mol. The second-order valence-electron chi connectivity index (χ2n) is 5.78. The zero-order chi connectivity index (χ0) is 19.2. The van der Waals surface area contributed by atoms with E-state index in [4.69, 9.17) is 5.73 Å². The predicted octanol–water partition coefficient (Wildman–Crippen LogP) is 3.40. The second-order valence-corrected chi connectivity index (χ2v) is 9.27. The Hall–Kier alpha value is -2.43. The van der Waals surface area contributed by atoms with Crippen LogP contribution in [0.25, 0.3) is 21.6 Å². The molecule has 10 heteroatoms. The number of benzene rings is 1. The van der Waals surface area contributed by atoms with Gasteiger partial charge in [-0.05, 0) is 36.8 Å². The molecule has 3 aromatic heterocycles. The van der Waals surface area contributed by atoms with Crippen LogP contribution < -0.4 is 5.73 Å². The summed E-state index contributed by atoms with van der Waals surface area (Å²) >= 11 is 2.82. The Morgan fingerprint density at radius 2 is 1.89 bits per heavy atom. The maximum Gasteiger partial charge on any atom is 0.285 e. The summed E-state index contributed by atoms with van der Waals surface area (Å²) < 4.78 is 27.2. The molecule has 0 aliphatic rings. The summed E-state index contributed by atoms with van der Waals surface area (Å²) in [6.45, 7) is 1.89. The molecule has 1 aromatic carbocycles. The van der Waals surface area contributed by atoms with E-state index in [9.17, 15) is 8.42 Å². The van der Waals surface area contributed by atoms with Gasteiger partial charge in [0.05, 0.1) is 20.9 Å². The third-order valence-corrected chi connectivity index (χ3v) is 6.99. The molecular weight excluding hydrogens is 402 g/mol. The summed E-state index contributed by atoms with van der Waals surface area (Å²) in [7, 11) is -3.94. The lowest BCUT2D eigenvalue weighted by molar-refractivity contribution is 0.582. The van der Waals surface area contributed by atoms with Crippen molar-refractivity contribution < 1.29 is 8.42 Å². The molecule has 2 N–H and O–H groups in total. The van der Waals surface area contributed by atoms with Crippen molar-refractivity contribution >= 4 is 50.0 Å². The van der Waals surface area contributed by atoms with E-state index in [-0.39, 0.29) is 16.4 Å². The Morgan fingerprint density at radius 3 is 2.52 bits per heavy atom. The van der Waals surface area contributed by atoms with E-state index in [0.717, 1.165) is 14.5 Å². The smallest absolute Gasteiger partial charge is 0.285 e. The molecule has 4 rings (SSSR count). The second kappa shape index (κ2) is 6.63. The molecule has 0 spiro atoms. The number of fused-ring (bicyclic) bond motifs is 1. The van der Waals surface area contributed by atoms with Crippen molar-refractivity contribution in [2.45, 2.75) is 17.0 Å². The van der Waals surface area contributed by atoms with E-state index in [1.807, 2.05) is 30.7 Å². The van der Waals surface area contributed by atoms with Gasteiger partial charge in [-0.2, -0.15) is 8.42 Å². The van der Waals surface area contributed by atoms with Crippen LogP contribution in [0.5, 0.6) is 0 Å². The summed E-state index contributed by atoms with van der Waals surface area (Å²) in [5.41, 5.74) is 7.82. The third-order valence-electron chi connectivity index (χ3n) is 3.99. The molecule has 0 bridgehead atoms. The van der Waals surface area contributed by atoms with Crippen LogP contribution in [0.3, 0.4) is 0 Å². The Morgan fingerprint density at radius 1 is 1.15 bits per heavy atom. The maximum absolute atomic E-state index is 13.2. The van der Waals surface area contributed by atoms with Crippen molar-refractivity contribution in [1.29, 1.82) is 0 Å². The molecule has 27 heavy (non-hydrogen) atoms. The van der Waals surface area contributed by atoms with Gasteiger partial charge in [0.15, 0.2) is 16.6 Å². The van der Waals surface area contributed by atoms with Gasteiger partial charge < -0.3 is 5.73 Å². The highest BCUT2D eigenvalue weighted by Crippen LogP contribution is 2.35. The molecule has 7 nitrogen and oxygen atoms in total. The molecule has 0 unspecified atom stereocenters. The Kier molecular flexibility index (Phi) is 4.41. The average Bonchev–Trinajstić information content (AvgIpc) is 3.30. The summed E-state index contributed by atoms with van der Waals surface area (Å²) in [4.78, 5) is 9.93. The van der Waals surface area contributed by atoms with Crippen molar-refractivity contribution in [3.05, 3.63) is 47.3 Å². The summed E-state index contributed by atoms with van der Waals surface area (Å²) in [5, 5.41) is 6.91. The first-order valence-corrected chi connectivity index (χ1v) is 11.4. The topological polar surface area (TPSA) is 104 Å². The molecule has 0 atom stereocenters. The number of rotatable bonds is 4. The lowest BCUT2D eigenvalue weighted by atomic mass is 10.2. The molecular formula is C17H15N5O2S3. The molecule has 0 aliphatic carbocycles. The number of anilines is 1. The summed E-state index contributed by atoms with van der Waals surface area (Å²) in [5.74, 6) is 0.0803. The minimum atomic E-state index is -3.94. The minimum Gasteiger partial charge on any atom is -0.382 e. The van der Waals surface area contributed by atoms with E-state index in [2.05, 4.69) is 15.1 Å². The number of aryl methyl sites for hydroxylation is 1. The van der Waals surface area contributed by atoms with Crippen molar-refractivity contribution in [3.63, 3.8) is 0 Å². The Labute approximate surface area is 164 Å². The van der Waals surface area contributed by atoms with Crippen LogP contribution in [0.2, 0.25) is 0 Å². The standard InChI is InChI=1S/C17H15N5O2S3/c1-10-5-7-11(8-6-10)27(23,24)22-16-13(15(18)21-22)14(12-4-3-9-26-12)19-17(20-16)25-2/h3-9H,1-2H3,(H2,18,21). The molecule has 0 fully saturated rings. The highest BCUT2D eigenvalue weighted by Gasteiger charge is 2.26. The summed E-state index contributed by atoms with van der Waals surface area (Å²) in [6.07, 6.45) is 1.83. The quantitative estimate of drug-likeness (QED) is 0.401. The van der Waals surface area contributed by atoms with Crippen molar-refractivity contribution in [3.8, 4) is 10.6 Å². The lowest BCUT2D eigenvalue weighted by Crippen LogP contribution is -2.15. The van der Waals surface area contributed by atoms with Gasteiger partial charge in [-0.15, -0.1) is 20.5 Å². The number of nitrogen functional groups attached to an aromatic ring is 1. The monoisotopic (exact) mass is 417 g/mol. The van der Waals surface area contributed by atoms with E-state index >= 15 is 0 Å². The van der Waals surface area contributed by atoms with Crippen LogP contribution >= 0.6 is 23.1 Å². The van der Waals surface area contributed by atoms with Crippen LogP contribution in [0.4, 0.5) is 5.82 Å². The number of hydrogen-bond acceptors (Lipinski definition) is 8. The van der Waals surface area contributed by atoms with E-state index in [1.54, 1.807) is 24.3 Å². The van der Waals surface area contributed by atoms with Gasteiger partial charge >= 0.3 is 0 Å². The van der Waals surface area contributed by atoms with Gasteiger partial charge in [0, 0.05) is 0 Å². The van der Waals surface area contributed by atoms with Crippen molar-refractivity contribution in [1.82, 2.24) is 19.2 Å². The largest absolute Gasteiger partial charge is 0.382 e. The first-order valence-electron chi connectivity index (χ1n) is 7.88. The van der Waals surface area contributed by atoms with Crippen molar-refractivity contribution in [2.24, 2.45) is 0 Å². The normalized spacial score (nSPS) is 11.9. The number of thioether (sulfide) groups is 1. The number of thiophene rings is 1. The van der Waals surface area contributed by atoms with Gasteiger partial charge in [0.1, 0.15) is 0 Å². The molecule has 0 saturated carbocycles. The fraction of sp³-hybridized carbons (Fsp3) is 0.118. The van der Waals surface area contributed by atoms with Gasteiger partial charge in [-0.25, -0.2) is 9.97 Å². The van der Waals surface area contributed by atoms with Crippen LogP contribution in [0.15, 0.2) is 51.8 Å². The maximum atomic E-state index is 13.2. The Bertz CT molecular complexity index is 1230. The lowest BCUT2D eigenvalue weighted by Gasteiger charge is -2.07. The highest BCUT2D eigenvalue weighted by atomic mass is 32.2. The minimum absolute atomic E-state index is 0.0803. The van der Waals surface area contributed by atoms with Gasteiger partial charge in [-0.3, -0.25) is 0 Å². The molecule has 0 aliphatic heterocycles. The first-order chi connectivity index (χ1) is 12.9. The van der Waals surface area contributed by atoms with Crippen molar-refractivity contribution in [2.75, 3.05) is 12.0 Å². The van der Waals surface area contributed by atoms with E-state index in [1.165, 1.54) is 23.1 Å². The number of aromatic nitrogens is 4. The van der Waals surface area contributed by atoms with Crippen LogP contribution in [0, 0.1) is 6.92 Å². The SMILES string of the molecule is CSc1nc(-c2cccs2)c2c(N)nn(S(=O)(=O)c3ccc(C)cc3)c2n1. The molecule has 0 amide bonds. The third kappa shape index (κ3) is 2.99. The zero-order valence-corrected chi connectivity index (χ0v) is 16.9. The predicted molar refractivity (Wildman–Crippen MR) is 109 cm³/mol. The number of nitrogens with zero attached hydrogens (tertiary/aromatic N) is 4. The van der Waals surface area contributed by atoms with Gasteiger partial charge in [0.25, 0.3) is 10.0 Å². The molecule has 138 valence electrons. The van der Waals surface area contributed by atoms with E-state index < -0.39 is 10.0 Å². The van der Waals surface area contributed by atoms with Crippen LogP contribution in [-0.4, -0.2) is 33.8 Å². The van der Waals surface area contributed by atoms with Gasteiger partial charge in [0.2, 0.25) is 0 Å².